The summed E-state index contributed by atoms with van der Waals surface area (Å²) in [6.45, 7) is 5.38. The standard InChI is InChI=1S/C21H24BrNO3.C16H16BrNO.ClH/c1-21(2,3)26-20(25)23-18(13-15-8-5-4-6-9-15)19(24)14-16-10-7-11-17(22)12-16;17-14-8-4-7-13(9-14)11-16(19)15(18)10-12-5-2-1-3-6-12;/h4-12,18H,13-14H2,1-3H3,(H,23,25);1-9,15H,10-11,18H2;1H/t18-;15-;/m00./s1. The first-order chi connectivity index (χ1) is 21.4. The number of hydrogen-bond donors (Lipinski definition) is 2. The van der Waals surface area contributed by atoms with Crippen molar-refractivity contribution in [3.63, 3.8) is 0 Å². The number of ketones is 2. The number of carbonyl (C=O) groups is 3. The van der Waals surface area contributed by atoms with E-state index in [0.717, 1.165) is 31.2 Å². The average molecular weight is 773 g/mol. The van der Waals surface area contributed by atoms with Gasteiger partial charge in [0.05, 0.1) is 12.1 Å². The fourth-order valence-corrected chi connectivity index (χ4v) is 5.37. The van der Waals surface area contributed by atoms with Crippen LogP contribution >= 0.6 is 44.3 Å². The number of benzene rings is 4. The van der Waals surface area contributed by atoms with Crippen LogP contribution in [0.1, 0.15) is 43.0 Å². The minimum absolute atomic E-state index is 0. The van der Waals surface area contributed by atoms with Gasteiger partial charge in [-0.05, 0) is 80.1 Å². The molecule has 0 saturated heterocycles. The zero-order valence-corrected chi connectivity index (χ0v) is 30.2. The zero-order valence-electron chi connectivity index (χ0n) is 26.2. The van der Waals surface area contributed by atoms with Crippen molar-refractivity contribution in [1.82, 2.24) is 5.32 Å². The summed E-state index contributed by atoms with van der Waals surface area (Å²) >= 11 is 6.82. The van der Waals surface area contributed by atoms with E-state index < -0.39 is 23.8 Å². The van der Waals surface area contributed by atoms with E-state index in [9.17, 15) is 14.4 Å². The van der Waals surface area contributed by atoms with E-state index in [1.165, 1.54) is 0 Å². The summed E-state index contributed by atoms with van der Waals surface area (Å²) in [5.74, 6) is 0.0137. The van der Waals surface area contributed by atoms with Gasteiger partial charge in [0.25, 0.3) is 0 Å². The highest BCUT2D eigenvalue weighted by Gasteiger charge is 2.25. The quantitative estimate of drug-likeness (QED) is 0.160. The zero-order chi connectivity index (χ0) is 32.8. The average Bonchev–Trinajstić information content (AvgIpc) is 2.97. The predicted octanol–water partition coefficient (Wildman–Crippen LogP) is 8.25. The number of rotatable bonds is 11. The number of nitrogens with one attached hydrogen (secondary N) is 1. The molecule has 1 amide bonds. The van der Waals surface area contributed by atoms with Crippen LogP contribution in [0.25, 0.3) is 0 Å². The van der Waals surface area contributed by atoms with Gasteiger partial charge in [-0.15, -0.1) is 12.4 Å². The van der Waals surface area contributed by atoms with Gasteiger partial charge in [-0.1, -0.05) is 117 Å². The maximum atomic E-state index is 12.8. The molecule has 4 aromatic rings. The maximum Gasteiger partial charge on any atom is 0.408 e. The lowest BCUT2D eigenvalue weighted by molar-refractivity contribution is -0.120. The summed E-state index contributed by atoms with van der Waals surface area (Å²) < 4.78 is 7.22. The van der Waals surface area contributed by atoms with Crippen LogP contribution in [-0.4, -0.2) is 35.3 Å². The van der Waals surface area contributed by atoms with Gasteiger partial charge in [0, 0.05) is 21.8 Å². The number of ether oxygens (including phenoxy) is 1. The van der Waals surface area contributed by atoms with Crippen LogP contribution in [0.3, 0.4) is 0 Å². The van der Waals surface area contributed by atoms with Crippen molar-refractivity contribution in [1.29, 1.82) is 0 Å². The van der Waals surface area contributed by atoms with Gasteiger partial charge in [-0.3, -0.25) is 9.59 Å². The van der Waals surface area contributed by atoms with Gasteiger partial charge in [0.2, 0.25) is 0 Å². The molecule has 3 N–H and O–H groups in total. The van der Waals surface area contributed by atoms with E-state index in [2.05, 4.69) is 37.2 Å². The molecule has 244 valence electrons. The van der Waals surface area contributed by atoms with Crippen molar-refractivity contribution >= 4 is 61.9 Å². The first-order valence-corrected chi connectivity index (χ1v) is 16.3. The van der Waals surface area contributed by atoms with Gasteiger partial charge < -0.3 is 15.8 Å². The highest BCUT2D eigenvalue weighted by molar-refractivity contribution is 9.10. The van der Waals surface area contributed by atoms with Gasteiger partial charge in [0.15, 0.2) is 11.6 Å². The van der Waals surface area contributed by atoms with Gasteiger partial charge in [-0.2, -0.15) is 0 Å². The van der Waals surface area contributed by atoms with Gasteiger partial charge in [0.1, 0.15) is 5.60 Å². The highest BCUT2D eigenvalue weighted by Crippen LogP contribution is 2.16. The smallest absolute Gasteiger partial charge is 0.408 e. The molecule has 0 radical (unpaired) electrons. The van der Waals surface area contributed by atoms with E-state index in [1.54, 1.807) is 20.8 Å². The molecule has 0 heterocycles. The summed E-state index contributed by atoms with van der Waals surface area (Å²) in [6, 6.07) is 33.8. The van der Waals surface area contributed by atoms with Crippen LogP contribution in [-0.2, 0) is 40.0 Å². The number of amides is 1. The molecule has 0 aliphatic rings. The topological polar surface area (TPSA) is 98.5 Å². The number of nitrogens with two attached hydrogens (primary N) is 1. The van der Waals surface area contributed by atoms with Gasteiger partial charge >= 0.3 is 6.09 Å². The van der Waals surface area contributed by atoms with Crippen LogP contribution in [0.5, 0.6) is 0 Å². The predicted molar refractivity (Wildman–Crippen MR) is 194 cm³/mol. The first-order valence-electron chi connectivity index (χ1n) is 14.7. The second-order valence-corrected chi connectivity index (χ2v) is 13.6. The summed E-state index contributed by atoms with van der Waals surface area (Å²) in [5, 5.41) is 2.73. The lowest BCUT2D eigenvalue weighted by atomic mass is 9.98. The molecule has 9 heteroatoms. The summed E-state index contributed by atoms with van der Waals surface area (Å²) in [7, 11) is 0. The lowest BCUT2D eigenvalue weighted by Gasteiger charge is -2.23. The number of halogens is 3. The monoisotopic (exact) mass is 770 g/mol. The van der Waals surface area contributed by atoms with Crippen molar-refractivity contribution in [3.05, 3.63) is 140 Å². The lowest BCUT2D eigenvalue weighted by Crippen LogP contribution is -2.45. The van der Waals surface area contributed by atoms with Crippen LogP contribution < -0.4 is 11.1 Å². The third-order valence-electron chi connectivity index (χ3n) is 6.61. The third kappa shape index (κ3) is 14.9. The largest absolute Gasteiger partial charge is 0.444 e. The summed E-state index contributed by atoms with van der Waals surface area (Å²) in [5.41, 5.74) is 9.32. The van der Waals surface area contributed by atoms with Crippen molar-refractivity contribution in [3.8, 4) is 0 Å². The maximum absolute atomic E-state index is 12.8. The molecule has 0 aliphatic heterocycles. The first kappa shape index (κ1) is 38.9. The number of hydrogen-bond acceptors (Lipinski definition) is 5. The molecule has 46 heavy (non-hydrogen) atoms. The Labute approximate surface area is 295 Å². The number of alkyl carbamates (subject to hydrolysis) is 1. The third-order valence-corrected chi connectivity index (χ3v) is 7.60. The van der Waals surface area contributed by atoms with E-state index in [4.69, 9.17) is 10.5 Å². The molecule has 4 aromatic carbocycles. The second-order valence-electron chi connectivity index (χ2n) is 11.7. The van der Waals surface area contributed by atoms with E-state index in [-0.39, 0.29) is 30.4 Å². The Morgan fingerprint density at radius 1 is 0.674 bits per heavy atom. The van der Waals surface area contributed by atoms with Gasteiger partial charge in [-0.25, -0.2) is 4.79 Å². The van der Waals surface area contributed by atoms with E-state index in [1.807, 2.05) is 109 Å². The molecule has 0 aromatic heterocycles. The molecule has 0 unspecified atom stereocenters. The van der Waals surface area contributed by atoms with E-state index in [0.29, 0.717) is 19.3 Å². The Bertz CT molecular complexity index is 1550. The molecule has 0 aliphatic carbocycles. The molecule has 0 fully saturated rings. The molecular weight excluding hydrogens is 732 g/mol. The number of Topliss-reactive ketones (excluding diaryl/α,β-unsaturated/α-hetero) is 2. The molecular formula is C37H41Br2ClN2O4. The normalized spacial score (nSPS) is 12.0. The SMILES string of the molecule is CC(C)(C)OC(=O)N[C@@H](Cc1ccccc1)C(=O)Cc1cccc(Br)c1.Cl.N[C@@H](Cc1ccccc1)C(=O)Cc1cccc(Br)c1. The van der Waals surface area contributed by atoms with E-state index >= 15 is 0 Å². The Kier molecular flexibility index (Phi) is 16.4. The minimum Gasteiger partial charge on any atom is -0.444 e. The van der Waals surface area contributed by atoms with Crippen LogP contribution in [0, 0.1) is 0 Å². The van der Waals surface area contributed by atoms with Crippen LogP contribution in [0.2, 0.25) is 0 Å². The number of carbonyl (C=O) groups excluding carboxylic acids is 3. The molecule has 6 nitrogen and oxygen atoms in total. The Balaban J connectivity index is 0.000000328. The summed E-state index contributed by atoms with van der Waals surface area (Å²) in [6.07, 6.45) is 1.06. The van der Waals surface area contributed by atoms with Crippen LogP contribution in [0.4, 0.5) is 4.79 Å². The second kappa shape index (κ2) is 19.4. The van der Waals surface area contributed by atoms with Crippen molar-refractivity contribution in [2.75, 3.05) is 0 Å². The Hall–Kier alpha value is -3.30. The highest BCUT2D eigenvalue weighted by atomic mass is 79.9. The molecule has 2 atom stereocenters. The fraction of sp³-hybridized carbons (Fsp3) is 0.270. The fourth-order valence-electron chi connectivity index (χ4n) is 4.48. The molecule has 0 bridgehead atoms. The van der Waals surface area contributed by atoms with Crippen molar-refractivity contribution in [2.45, 2.75) is 64.1 Å². The Morgan fingerprint density at radius 3 is 1.57 bits per heavy atom. The molecule has 0 saturated carbocycles. The van der Waals surface area contributed by atoms with Crippen molar-refractivity contribution in [2.24, 2.45) is 5.73 Å². The Morgan fingerprint density at radius 2 is 1.11 bits per heavy atom. The van der Waals surface area contributed by atoms with Crippen molar-refractivity contribution < 1.29 is 19.1 Å². The summed E-state index contributed by atoms with van der Waals surface area (Å²) in [4.78, 5) is 37.1. The molecule has 4 rings (SSSR count). The van der Waals surface area contributed by atoms with Crippen LogP contribution in [0.15, 0.2) is 118 Å². The molecule has 0 spiro atoms. The minimum atomic E-state index is -0.647.